The minimum absolute atomic E-state index is 0.302. The first-order chi connectivity index (χ1) is 11.7. The van der Waals surface area contributed by atoms with E-state index in [-0.39, 0.29) is 5.76 Å². The van der Waals surface area contributed by atoms with Crippen LogP contribution in [0.2, 0.25) is 0 Å². The molecular formula is C18H21N3O3. The van der Waals surface area contributed by atoms with Gasteiger partial charge in [-0.2, -0.15) is 0 Å². The molecule has 2 aromatic heterocycles. The summed E-state index contributed by atoms with van der Waals surface area (Å²) in [6.07, 6.45) is 4.46. The van der Waals surface area contributed by atoms with Crippen LogP contribution >= 0.6 is 0 Å². The Balaban J connectivity index is 1.45. The van der Waals surface area contributed by atoms with Crippen molar-refractivity contribution in [1.29, 1.82) is 0 Å². The van der Waals surface area contributed by atoms with Gasteiger partial charge in [-0.15, -0.1) is 0 Å². The summed E-state index contributed by atoms with van der Waals surface area (Å²) in [7, 11) is 2.04. The molecule has 1 aliphatic rings. The zero-order valence-electron chi connectivity index (χ0n) is 13.8. The molecule has 24 heavy (non-hydrogen) atoms. The Morgan fingerprint density at radius 2 is 2.08 bits per heavy atom. The van der Waals surface area contributed by atoms with Crippen LogP contribution in [-0.2, 0) is 25.9 Å². The molecule has 4 rings (SSSR count). The van der Waals surface area contributed by atoms with E-state index in [1.165, 1.54) is 18.4 Å². The van der Waals surface area contributed by atoms with Crippen LogP contribution in [0.5, 0.6) is 0 Å². The van der Waals surface area contributed by atoms with Gasteiger partial charge in [-0.25, -0.2) is 4.79 Å². The van der Waals surface area contributed by atoms with E-state index in [1.807, 2.05) is 31.3 Å². The van der Waals surface area contributed by atoms with E-state index < -0.39 is 0 Å². The van der Waals surface area contributed by atoms with Gasteiger partial charge in [0.25, 0.3) is 0 Å². The number of oxazole rings is 1. The number of para-hydroxylation sites is 2. The SMILES string of the molecule is CN(CCn1c(=O)oc2ccccc21)Cc1noc2c1CCCC2. The van der Waals surface area contributed by atoms with Gasteiger partial charge in [0.1, 0.15) is 11.5 Å². The van der Waals surface area contributed by atoms with E-state index in [0.717, 1.165) is 42.9 Å². The highest BCUT2D eigenvalue weighted by atomic mass is 16.5. The van der Waals surface area contributed by atoms with Gasteiger partial charge in [-0.05, 0) is 38.4 Å². The molecule has 0 amide bonds. The van der Waals surface area contributed by atoms with E-state index in [4.69, 9.17) is 8.94 Å². The first kappa shape index (κ1) is 15.2. The summed E-state index contributed by atoms with van der Waals surface area (Å²) in [6.45, 7) is 2.07. The number of aromatic nitrogens is 2. The van der Waals surface area contributed by atoms with Crippen molar-refractivity contribution in [1.82, 2.24) is 14.6 Å². The molecule has 2 heterocycles. The lowest BCUT2D eigenvalue weighted by Gasteiger charge is -2.16. The molecule has 0 N–H and O–H groups in total. The summed E-state index contributed by atoms with van der Waals surface area (Å²) in [4.78, 5) is 14.2. The topological polar surface area (TPSA) is 64.4 Å². The molecule has 6 nitrogen and oxygen atoms in total. The fourth-order valence-corrected chi connectivity index (χ4v) is 3.40. The highest BCUT2D eigenvalue weighted by Crippen LogP contribution is 2.24. The van der Waals surface area contributed by atoms with Gasteiger partial charge in [0, 0.05) is 31.6 Å². The Labute approximate surface area is 139 Å². The third-order valence-corrected chi connectivity index (χ3v) is 4.73. The first-order valence-electron chi connectivity index (χ1n) is 8.45. The molecule has 6 heteroatoms. The average Bonchev–Trinajstić information content (AvgIpc) is 3.14. The average molecular weight is 327 g/mol. The second-order valence-corrected chi connectivity index (χ2v) is 6.46. The molecule has 1 aromatic carbocycles. The molecule has 3 aromatic rings. The minimum Gasteiger partial charge on any atom is -0.408 e. The van der Waals surface area contributed by atoms with Gasteiger partial charge in [-0.1, -0.05) is 17.3 Å². The summed E-state index contributed by atoms with van der Waals surface area (Å²) in [5.74, 6) is 0.755. The predicted octanol–water partition coefficient (Wildman–Crippen LogP) is 2.59. The third kappa shape index (κ3) is 2.78. The maximum absolute atomic E-state index is 12.0. The smallest absolute Gasteiger partial charge is 0.408 e. The van der Waals surface area contributed by atoms with E-state index in [2.05, 4.69) is 10.1 Å². The number of hydrogen-bond acceptors (Lipinski definition) is 5. The maximum atomic E-state index is 12.0. The van der Waals surface area contributed by atoms with Crippen molar-refractivity contribution in [3.05, 3.63) is 51.8 Å². The Morgan fingerprint density at radius 1 is 1.25 bits per heavy atom. The van der Waals surface area contributed by atoms with Crippen molar-refractivity contribution in [2.24, 2.45) is 0 Å². The van der Waals surface area contributed by atoms with E-state index in [0.29, 0.717) is 12.1 Å². The van der Waals surface area contributed by atoms with Crippen molar-refractivity contribution in [2.75, 3.05) is 13.6 Å². The third-order valence-electron chi connectivity index (χ3n) is 4.73. The van der Waals surface area contributed by atoms with Crippen molar-refractivity contribution in [3.8, 4) is 0 Å². The predicted molar refractivity (Wildman–Crippen MR) is 90.0 cm³/mol. The second kappa shape index (κ2) is 6.28. The summed E-state index contributed by atoms with van der Waals surface area (Å²) in [5.41, 5.74) is 3.81. The number of nitrogens with zero attached hydrogens (tertiary/aromatic N) is 3. The quantitative estimate of drug-likeness (QED) is 0.721. The van der Waals surface area contributed by atoms with E-state index in [9.17, 15) is 4.79 Å². The standard InChI is InChI=1S/C18H21N3O3/c1-20(12-14-13-6-2-4-8-16(13)24-19-14)10-11-21-15-7-3-5-9-17(15)23-18(21)22/h3,5,7,9H,2,4,6,8,10-12H2,1H3. The molecule has 0 radical (unpaired) electrons. The molecule has 0 atom stereocenters. The van der Waals surface area contributed by atoms with Gasteiger partial charge in [0.05, 0.1) is 5.52 Å². The summed E-state index contributed by atoms with van der Waals surface area (Å²) < 4.78 is 12.4. The van der Waals surface area contributed by atoms with Gasteiger partial charge in [0.2, 0.25) is 0 Å². The van der Waals surface area contributed by atoms with E-state index >= 15 is 0 Å². The zero-order valence-corrected chi connectivity index (χ0v) is 13.8. The molecular weight excluding hydrogens is 306 g/mol. The Kier molecular flexibility index (Phi) is 3.98. The lowest BCUT2D eigenvalue weighted by molar-refractivity contribution is 0.293. The fourth-order valence-electron chi connectivity index (χ4n) is 3.40. The molecule has 0 fully saturated rings. The Bertz CT molecular complexity index is 906. The summed E-state index contributed by atoms with van der Waals surface area (Å²) >= 11 is 0. The summed E-state index contributed by atoms with van der Waals surface area (Å²) in [6, 6.07) is 7.52. The number of fused-ring (bicyclic) bond motifs is 2. The largest absolute Gasteiger partial charge is 0.419 e. The molecule has 0 saturated heterocycles. The number of benzene rings is 1. The van der Waals surface area contributed by atoms with E-state index in [1.54, 1.807) is 4.57 Å². The molecule has 0 aliphatic heterocycles. The monoisotopic (exact) mass is 327 g/mol. The lowest BCUT2D eigenvalue weighted by atomic mass is 9.96. The first-order valence-corrected chi connectivity index (χ1v) is 8.45. The molecule has 0 spiro atoms. The molecule has 126 valence electrons. The van der Waals surface area contributed by atoms with Crippen LogP contribution < -0.4 is 5.76 Å². The fraction of sp³-hybridized carbons (Fsp3) is 0.444. The highest BCUT2D eigenvalue weighted by molar-refractivity contribution is 5.72. The zero-order chi connectivity index (χ0) is 16.5. The van der Waals surface area contributed by atoms with Crippen LogP contribution in [0, 0.1) is 0 Å². The molecule has 0 unspecified atom stereocenters. The van der Waals surface area contributed by atoms with Crippen LogP contribution in [-0.4, -0.2) is 28.2 Å². The van der Waals surface area contributed by atoms with Crippen molar-refractivity contribution < 1.29 is 8.94 Å². The Hall–Kier alpha value is -2.34. The van der Waals surface area contributed by atoms with Crippen LogP contribution in [0.4, 0.5) is 0 Å². The van der Waals surface area contributed by atoms with Gasteiger partial charge < -0.3 is 8.94 Å². The van der Waals surface area contributed by atoms with Crippen molar-refractivity contribution in [2.45, 2.75) is 38.8 Å². The van der Waals surface area contributed by atoms with Crippen LogP contribution in [0.1, 0.15) is 29.9 Å². The summed E-state index contributed by atoms with van der Waals surface area (Å²) in [5, 5.41) is 4.25. The number of hydrogen-bond donors (Lipinski definition) is 0. The highest BCUT2D eigenvalue weighted by Gasteiger charge is 2.20. The lowest BCUT2D eigenvalue weighted by Crippen LogP contribution is -2.27. The number of aryl methyl sites for hydroxylation is 1. The van der Waals surface area contributed by atoms with Crippen molar-refractivity contribution >= 4 is 11.1 Å². The van der Waals surface area contributed by atoms with Crippen LogP contribution in [0.25, 0.3) is 11.1 Å². The van der Waals surface area contributed by atoms with Crippen molar-refractivity contribution in [3.63, 3.8) is 0 Å². The van der Waals surface area contributed by atoms with Gasteiger partial charge in [0.15, 0.2) is 5.58 Å². The van der Waals surface area contributed by atoms with Gasteiger partial charge in [-0.3, -0.25) is 9.47 Å². The molecule has 0 bridgehead atoms. The normalized spacial score (nSPS) is 14.4. The second-order valence-electron chi connectivity index (χ2n) is 6.46. The maximum Gasteiger partial charge on any atom is 0.419 e. The number of rotatable bonds is 5. The van der Waals surface area contributed by atoms with Crippen LogP contribution in [0.15, 0.2) is 38.0 Å². The van der Waals surface area contributed by atoms with Crippen LogP contribution in [0.3, 0.4) is 0 Å². The molecule has 1 aliphatic carbocycles. The molecule has 0 saturated carbocycles. The number of likely N-dealkylation sites (N-methyl/N-ethyl adjacent to an activating group) is 1. The van der Waals surface area contributed by atoms with Gasteiger partial charge >= 0.3 is 5.76 Å². The minimum atomic E-state index is -0.302. The Morgan fingerprint density at radius 3 is 3.00 bits per heavy atom.